The lowest BCUT2D eigenvalue weighted by molar-refractivity contribution is -0.125. The molecule has 2 amide bonds. The number of aromatic nitrogens is 2. The normalized spacial score (nSPS) is 13.8. The van der Waals surface area contributed by atoms with Crippen molar-refractivity contribution in [3.8, 4) is 17.9 Å². The number of rotatable bonds is 8. The predicted molar refractivity (Wildman–Crippen MR) is 152 cm³/mol. The standard InChI is InChI=1S/C29H37N7O4/c1-21(35(5)28(38)40-29(2,3)4)26(37)31-13-8-6-7-11-23-20-32-27(33-24-12-9-10-22(18-24)19-30)34-25(23)36-14-16-39-17-15-36/h9-10,12,18,20-21H,6,8,13-17H2,1-5H3,(H,31,37)(H,32,33,34)/t21-/m0/s1. The first kappa shape index (κ1) is 30.2. The number of amides is 2. The van der Waals surface area contributed by atoms with Crippen LogP contribution in [0.5, 0.6) is 0 Å². The Morgan fingerprint density at radius 3 is 2.73 bits per heavy atom. The van der Waals surface area contributed by atoms with Crippen LogP contribution in [0.1, 0.15) is 51.7 Å². The number of nitrogens with zero attached hydrogens (tertiary/aromatic N) is 5. The molecule has 0 unspecified atom stereocenters. The van der Waals surface area contributed by atoms with Crippen LogP contribution in [0.15, 0.2) is 30.5 Å². The highest BCUT2D eigenvalue weighted by molar-refractivity contribution is 5.85. The summed E-state index contributed by atoms with van der Waals surface area (Å²) in [5.41, 5.74) is 1.34. The average molecular weight is 548 g/mol. The second kappa shape index (κ2) is 14.2. The van der Waals surface area contributed by atoms with Crippen molar-refractivity contribution in [2.75, 3.05) is 50.1 Å². The van der Waals surface area contributed by atoms with Crippen LogP contribution < -0.4 is 15.5 Å². The lowest BCUT2D eigenvalue weighted by atomic mass is 10.2. The summed E-state index contributed by atoms with van der Waals surface area (Å²) in [4.78, 5) is 37.2. The fourth-order valence-electron chi connectivity index (χ4n) is 3.69. The van der Waals surface area contributed by atoms with Gasteiger partial charge in [-0.3, -0.25) is 9.69 Å². The van der Waals surface area contributed by atoms with Gasteiger partial charge in [-0.05, 0) is 52.3 Å². The van der Waals surface area contributed by atoms with E-state index in [-0.39, 0.29) is 5.91 Å². The second-order valence-corrected chi connectivity index (χ2v) is 10.3. The number of nitrogens with one attached hydrogen (secondary N) is 2. The maximum absolute atomic E-state index is 12.5. The number of likely N-dealkylation sites (N-methyl/N-ethyl adjacent to an activating group) is 1. The Labute approximate surface area is 235 Å². The Bertz CT molecular complexity index is 1280. The fraction of sp³-hybridized carbons (Fsp3) is 0.483. The van der Waals surface area contributed by atoms with E-state index in [4.69, 9.17) is 19.7 Å². The molecule has 0 spiro atoms. The van der Waals surface area contributed by atoms with Gasteiger partial charge in [0.15, 0.2) is 0 Å². The highest BCUT2D eigenvalue weighted by atomic mass is 16.6. The minimum absolute atomic E-state index is 0.257. The summed E-state index contributed by atoms with van der Waals surface area (Å²) in [6, 6.07) is 8.58. The van der Waals surface area contributed by atoms with Crippen LogP contribution >= 0.6 is 0 Å². The van der Waals surface area contributed by atoms with Gasteiger partial charge >= 0.3 is 6.09 Å². The summed E-state index contributed by atoms with van der Waals surface area (Å²) < 4.78 is 10.8. The van der Waals surface area contributed by atoms with Crippen LogP contribution in [0.4, 0.5) is 22.2 Å². The van der Waals surface area contributed by atoms with Gasteiger partial charge in [-0.25, -0.2) is 9.78 Å². The SMILES string of the molecule is C[C@@H](C(=O)NCCCC#Cc1cnc(Nc2cccc(C#N)c2)nc1N1CCOCC1)N(C)C(=O)OC(C)(C)C. The molecule has 1 aromatic carbocycles. The molecule has 1 atom stereocenters. The number of hydrogen-bond donors (Lipinski definition) is 2. The molecule has 40 heavy (non-hydrogen) atoms. The van der Waals surface area contributed by atoms with Crippen LogP contribution in [-0.2, 0) is 14.3 Å². The van der Waals surface area contributed by atoms with E-state index in [1.807, 2.05) is 6.07 Å². The van der Waals surface area contributed by atoms with E-state index in [1.54, 1.807) is 59.1 Å². The van der Waals surface area contributed by atoms with Crippen LogP contribution in [0.3, 0.4) is 0 Å². The summed E-state index contributed by atoms with van der Waals surface area (Å²) in [6.07, 6.45) is 2.35. The third-order valence-electron chi connectivity index (χ3n) is 5.97. The van der Waals surface area contributed by atoms with E-state index in [0.29, 0.717) is 62.8 Å². The van der Waals surface area contributed by atoms with Gasteiger partial charge in [0, 0.05) is 38.8 Å². The van der Waals surface area contributed by atoms with Crippen molar-refractivity contribution < 1.29 is 19.1 Å². The molecule has 1 aliphatic rings. The molecular weight excluding hydrogens is 510 g/mol. The number of unbranched alkanes of at least 4 members (excludes halogenated alkanes) is 1. The second-order valence-electron chi connectivity index (χ2n) is 10.3. The highest BCUT2D eigenvalue weighted by Crippen LogP contribution is 2.22. The van der Waals surface area contributed by atoms with Crippen molar-refractivity contribution in [2.24, 2.45) is 0 Å². The Hall–Kier alpha value is -4.35. The van der Waals surface area contributed by atoms with Gasteiger partial charge in [-0.15, -0.1) is 0 Å². The molecule has 2 aromatic rings. The lowest BCUT2D eigenvalue weighted by Gasteiger charge is -2.28. The number of anilines is 3. The minimum atomic E-state index is -0.663. The molecule has 212 valence electrons. The van der Waals surface area contributed by atoms with E-state index in [2.05, 4.69) is 38.4 Å². The topological polar surface area (TPSA) is 133 Å². The average Bonchev–Trinajstić information content (AvgIpc) is 2.94. The van der Waals surface area contributed by atoms with Gasteiger partial charge in [-0.1, -0.05) is 17.9 Å². The molecule has 0 saturated carbocycles. The number of morpholine rings is 1. The Balaban J connectivity index is 1.58. The molecule has 11 nitrogen and oxygen atoms in total. The third-order valence-corrected chi connectivity index (χ3v) is 5.97. The zero-order chi connectivity index (χ0) is 29.1. The molecule has 3 rings (SSSR count). The molecule has 0 radical (unpaired) electrons. The first-order valence-corrected chi connectivity index (χ1v) is 13.3. The number of benzene rings is 1. The van der Waals surface area contributed by atoms with E-state index in [9.17, 15) is 9.59 Å². The number of carbonyl (C=O) groups is 2. The smallest absolute Gasteiger partial charge is 0.410 e. The van der Waals surface area contributed by atoms with Crippen LogP contribution in [0.2, 0.25) is 0 Å². The highest BCUT2D eigenvalue weighted by Gasteiger charge is 2.26. The molecule has 11 heteroatoms. The molecule has 0 aliphatic carbocycles. The molecular formula is C29H37N7O4. The van der Waals surface area contributed by atoms with Crippen molar-refractivity contribution >= 4 is 29.5 Å². The largest absolute Gasteiger partial charge is 0.444 e. The molecule has 2 N–H and O–H groups in total. The summed E-state index contributed by atoms with van der Waals surface area (Å²) >= 11 is 0. The first-order chi connectivity index (χ1) is 19.1. The maximum Gasteiger partial charge on any atom is 0.410 e. The van der Waals surface area contributed by atoms with Crippen LogP contribution in [0, 0.1) is 23.2 Å². The van der Waals surface area contributed by atoms with Gasteiger partial charge in [0.05, 0.1) is 36.6 Å². The van der Waals surface area contributed by atoms with Crippen LogP contribution in [0.25, 0.3) is 0 Å². The molecule has 1 saturated heterocycles. The van der Waals surface area contributed by atoms with Crippen molar-refractivity contribution in [2.45, 2.75) is 52.2 Å². The summed E-state index contributed by atoms with van der Waals surface area (Å²) in [7, 11) is 1.54. The fourth-order valence-corrected chi connectivity index (χ4v) is 3.69. The number of hydrogen-bond acceptors (Lipinski definition) is 9. The first-order valence-electron chi connectivity index (χ1n) is 13.3. The number of carbonyl (C=O) groups excluding carboxylic acids is 2. The quantitative estimate of drug-likeness (QED) is 0.377. The van der Waals surface area contributed by atoms with Gasteiger partial charge in [0.25, 0.3) is 0 Å². The zero-order valence-corrected chi connectivity index (χ0v) is 23.8. The van der Waals surface area contributed by atoms with Crippen molar-refractivity contribution in [1.29, 1.82) is 5.26 Å². The zero-order valence-electron chi connectivity index (χ0n) is 23.8. The van der Waals surface area contributed by atoms with Crippen LogP contribution in [-0.4, -0.2) is 78.4 Å². The molecule has 1 fully saturated rings. The van der Waals surface area contributed by atoms with Crippen molar-refractivity contribution in [3.05, 3.63) is 41.6 Å². The third kappa shape index (κ3) is 9.14. The summed E-state index contributed by atoms with van der Waals surface area (Å²) in [6.45, 7) is 10.0. The monoisotopic (exact) mass is 547 g/mol. The van der Waals surface area contributed by atoms with Gasteiger partial charge in [0.2, 0.25) is 11.9 Å². The van der Waals surface area contributed by atoms with E-state index in [0.717, 1.165) is 11.5 Å². The lowest BCUT2D eigenvalue weighted by Crippen LogP contribution is -2.47. The van der Waals surface area contributed by atoms with Crippen molar-refractivity contribution in [1.82, 2.24) is 20.2 Å². The molecule has 1 aliphatic heterocycles. The van der Waals surface area contributed by atoms with Gasteiger partial charge < -0.3 is 25.0 Å². The molecule has 1 aromatic heterocycles. The number of ether oxygens (including phenoxy) is 2. The predicted octanol–water partition coefficient (Wildman–Crippen LogP) is 3.43. The van der Waals surface area contributed by atoms with E-state index >= 15 is 0 Å². The van der Waals surface area contributed by atoms with E-state index in [1.165, 1.54) is 4.90 Å². The summed E-state index contributed by atoms with van der Waals surface area (Å²) in [5.74, 6) is 7.21. The van der Waals surface area contributed by atoms with Crippen molar-refractivity contribution in [3.63, 3.8) is 0 Å². The Morgan fingerprint density at radius 2 is 2.02 bits per heavy atom. The van der Waals surface area contributed by atoms with E-state index < -0.39 is 17.7 Å². The molecule has 2 heterocycles. The molecule has 0 bridgehead atoms. The number of nitriles is 1. The van der Waals surface area contributed by atoms with Gasteiger partial charge in [-0.2, -0.15) is 10.2 Å². The Morgan fingerprint density at radius 1 is 1.27 bits per heavy atom. The summed E-state index contributed by atoms with van der Waals surface area (Å²) in [5, 5.41) is 15.2. The maximum atomic E-state index is 12.5. The van der Waals surface area contributed by atoms with Gasteiger partial charge in [0.1, 0.15) is 17.5 Å². The Kier molecular flexibility index (Phi) is 10.7. The minimum Gasteiger partial charge on any atom is -0.444 e.